The Kier molecular flexibility index (Phi) is 6.58. The minimum absolute atomic E-state index is 0.369. The Bertz CT molecular complexity index is 4160. The Morgan fingerprint density at radius 3 is 1.55 bits per heavy atom. The van der Waals surface area contributed by atoms with Crippen molar-refractivity contribution >= 4 is 75.9 Å². The molecule has 2 aliphatic rings. The molecule has 11 aromatic carbocycles. The highest BCUT2D eigenvalue weighted by atomic mass is 15.0. The first-order valence-corrected chi connectivity index (χ1v) is 22.4. The van der Waals surface area contributed by atoms with Crippen LogP contribution in [0.15, 0.2) is 212 Å². The van der Waals surface area contributed by atoms with Crippen LogP contribution in [0.3, 0.4) is 0 Å². The number of aromatic nitrogens is 2. The molecule has 1 unspecified atom stereocenters. The van der Waals surface area contributed by atoms with E-state index in [1.807, 2.05) is 0 Å². The summed E-state index contributed by atoms with van der Waals surface area (Å²) in [5.74, 6) is 0. The molecular formula is C62H38N2. The second-order valence-electron chi connectivity index (χ2n) is 18.1. The molecule has 0 amide bonds. The van der Waals surface area contributed by atoms with E-state index in [1.54, 1.807) is 0 Å². The van der Waals surface area contributed by atoms with Crippen molar-refractivity contribution in [3.63, 3.8) is 0 Å². The van der Waals surface area contributed by atoms with Gasteiger partial charge < -0.3 is 9.13 Å². The van der Waals surface area contributed by atoms with Crippen molar-refractivity contribution in [2.24, 2.45) is 0 Å². The van der Waals surface area contributed by atoms with Gasteiger partial charge in [-0.25, -0.2) is 0 Å². The molecule has 0 N–H and O–H groups in total. The molecule has 6 bridgehead atoms. The van der Waals surface area contributed by atoms with Crippen LogP contribution in [-0.2, 0) is 5.41 Å². The fraction of sp³-hybridized carbons (Fsp3) is 0.0323. The molecular weight excluding hydrogens is 773 g/mol. The van der Waals surface area contributed by atoms with Gasteiger partial charge in [-0.3, -0.25) is 0 Å². The third-order valence-electron chi connectivity index (χ3n) is 15.1. The zero-order valence-corrected chi connectivity index (χ0v) is 35.1. The summed E-state index contributed by atoms with van der Waals surface area (Å²) in [6.07, 6.45) is 0. The van der Waals surface area contributed by atoms with Crippen molar-refractivity contribution in [1.82, 2.24) is 9.13 Å². The number of hydrogen-bond acceptors (Lipinski definition) is 0. The average Bonchev–Trinajstić information content (AvgIpc) is 3.96. The van der Waals surface area contributed by atoms with E-state index in [-0.39, 0.29) is 5.41 Å². The van der Waals surface area contributed by atoms with Gasteiger partial charge >= 0.3 is 0 Å². The molecule has 0 radical (unpaired) electrons. The van der Waals surface area contributed by atoms with E-state index >= 15 is 0 Å². The third kappa shape index (κ3) is 4.30. The van der Waals surface area contributed by atoms with Crippen LogP contribution in [0.4, 0.5) is 0 Å². The molecule has 3 heterocycles. The summed E-state index contributed by atoms with van der Waals surface area (Å²) in [6, 6.07) is 80.5. The zero-order chi connectivity index (χ0) is 41.8. The summed E-state index contributed by atoms with van der Waals surface area (Å²) < 4.78 is 4.98. The van der Waals surface area contributed by atoms with Crippen molar-refractivity contribution in [2.45, 2.75) is 12.3 Å². The van der Waals surface area contributed by atoms with Crippen LogP contribution in [0.1, 0.15) is 23.6 Å². The number of benzene rings is 11. The first-order valence-electron chi connectivity index (χ1n) is 22.4. The average molecular weight is 811 g/mol. The Morgan fingerprint density at radius 1 is 0.312 bits per heavy atom. The van der Waals surface area contributed by atoms with Gasteiger partial charge in [0.05, 0.1) is 22.1 Å². The van der Waals surface area contributed by atoms with Gasteiger partial charge in [-0.1, -0.05) is 158 Å². The molecule has 0 fully saturated rings. The van der Waals surface area contributed by atoms with Gasteiger partial charge in [0, 0.05) is 38.3 Å². The summed E-state index contributed by atoms with van der Waals surface area (Å²) in [6.45, 7) is 2.45. The first-order chi connectivity index (χ1) is 31.6. The molecule has 296 valence electrons. The van der Waals surface area contributed by atoms with E-state index in [4.69, 9.17) is 0 Å². The maximum Gasteiger partial charge on any atom is 0.0544 e. The second kappa shape index (κ2) is 12.2. The van der Waals surface area contributed by atoms with Crippen LogP contribution in [0, 0.1) is 0 Å². The van der Waals surface area contributed by atoms with Crippen LogP contribution < -0.4 is 0 Å². The van der Waals surface area contributed by atoms with E-state index in [0.29, 0.717) is 0 Å². The van der Waals surface area contributed by atoms with E-state index in [1.165, 1.54) is 126 Å². The highest BCUT2D eigenvalue weighted by Gasteiger charge is 2.41. The van der Waals surface area contributed by atoms with Crippen LogP contribution in [-0.4, -0.2) is 9.13 Å². The Hall–Kier alpha value is -8.20. The maximum absolute atomic E-state index is 2.54. The monoisotopic (exact) mass is 810 g/mol. The molecule has 0 saturated heterocycles. The van der Waals surface area contributed by atoms with Gasteiger partial charge in [0.1, 0.15) is 0 Å². The number of rotatable bonds is 2. The fourth-order valence-corrected chi connectivity index (χ4v) is 12.2. The van der Waals surface area contributed by atoms with Crippen LogP contribution >= 0.6 is 0 Å². The summed E-state index contributed by atoms with van der Waals surface area (Å²) in [4.78, 5) is 0. The lowest BCUT2D eigenvalue weighted by Gasteiger charge is -2.29. The van der Waals surface area contributed by atoms with Gasteiger partial charge in [0.25, 0.3) is 0 Å². The molecule has 2 heteroatoms. The third-order valence-corrected chi connectivity index (χ3v) is 15.1. The molecule has 0 spiro atoms. The number of para-hydroxylation sites is 3. The number of nitrogens with zero attached hydrogens (tertiary/aromatic N) is 2. The Balaban J connectivity index is 1.15. The van der Waals surface area contributed by atoms with E-state index in [0.717, 1.165) is 11.4 Å². The van der Waals surface area contributed by atoms with E-state index in [2.05, 4.69) is 228 Å². The minimum atomic E-state index is -0.369. The molecule has 64 heavy (non-hydrogen) atoms. The van der Waals surface area contributed by atoms with Crippen LogP contribution in [0.2, 0.25) is 0 Å². The first kappa shape index (κ1) is 34.4. The van der Waals surface area contributed by atoms with Crippen LogP contribution in [0.25, 0.3) is 121 Å². The lowest BCUT2D eigenvalue weighted by molar-refractivity contribution is 0.715. The summed E-state index contributed by atoms with van der Waals surface area (Å²) in [7, 11) is 0. The highest BCUT2D eigenvalue weighted by molar-refractivity contribution is 6.25. The topological polar surface area (TPSA) is 9.86 Å². The van der Waals surface area contributed by atoms with Crippen molar-refractivity contribution in [1.29, 1.82) is 0 Å². The quantitative estimate of drug-likeness (QED) is 0.154. The minimum Gasteiger partial charge on any atom is -0.309 e. The zero-order valence-electron chi connectivity index (χ0n) is 35.1. The van der Waals surface area contributed by atoms with Crippen LogP contribution in [0.5, 0.6) is 0 Å². The summed E-state index contributed by atoms with van der Waals surface area (Å²) >= 11 is 0. The molecule has 1 aliphatic heterocycles. The smallest absolute Gasteiger partial charge is 0.0544 e. The molecule has 2 aromatic heterocycles. The standard InChI is InChI=1S/C62H38N2/c1-62-39-26-30-48-47-19-7-11-24-58(47)64(59(48)34-39)41-28-32-51-52(35-41)60(38-25-29-44(55(62)33-38)43-16-4-8-21-54(43)62)50-31-27-40(63-56-22-9-5-17-45(56)46-18-6-10-23-57(46)63)36-53(50)61(51)49-20-12-14-37-13-2-3-15-42(37)49/h2-36H,1H3. The SMILES string of the molecule is CC12c3ccc4c5ccccc5n(c4c3)-c3ccc4c(-c5cccc6ccccc56)c5cc(-n6c7ccccc7c7ccccc76)ccc5c(c4c3)-c3ccc(c1c3)-c1ccccc12. The summed E-state index contributed by atoms with van der Waals surface area (Å²) in [5, 5.41) is 12.5. The predicted molar refractivity (Wildman–Crippen MR) is 270 cm³/mol. The maximum atomic E-state index is 2.54. The van der Waals surface area contributed by atoms with Crippen molar-refractivity contribution in [3.8, 4) is 44.8 Å². The van der Waals surface area contributed by atoms with Gasteiger partial charge in [-0.15, -0.1) is 0 Å². The highest BCUT2D eigenvalue weighted by Crippen LogP contribution is 2.55. The molecule has 13 aromatic rings. The molecule has 1 aliphatic carbocycles. The fourth-order valence-electron chi connectivity index (χ4n) is 12.2. The lowest BCUT2D eigenvalue weighted by Crippen LogP contribution is -2.22. The van der Waals surface area contributed by atoms with E-state index < -0.39 is 0 Å². The van der Waals surface area contributed by atoms with Crippen molar-refractivity contribution < 1.29 is 0 Å². The Morgan fingerprint density at radius 2 is 0.828 bits per heavy atom. The molecule has 15 rings (SSSR count). The normalized spacial score (nSPS) is 15.0. The largest absolute Gasteiger partial charge is 0.309 e. The molecule has 0 saturated carbocycles. The Labute approximate surface area is 369 Å². The van der Waals surface area contributed by atoms with Gasteiger partial charge in [-0.2, -0.15) is 0 Å². The van der Waals surface area contributed by atoms with Crippen molar-refractivity contribution in [2.75, 3.05) is 0 Å². The lowest BCUT2D eigenvalue weighted by atomic mass is 9.73. The van der Waals surface area contributed by atoms with Gasteiger partial charge in [0.15, 0.2) is 0 Å². The van der Waals surface area contributed by atoms with Crippen molar-refractivity contribution in [3.05, 3.63) is 229 Å². The molecule has 1 atom stereocenters. The van der Waals surface area contributed by atoms with E-state index in [9.17, 15) is 0 Å². The van der Waals surface area contributed by atoms with Gasteiger partial charge in [-0.05, 0) is 144 Å². The number of fused-ring (bicyclic) bond motifs is 18. The molecule has 2 nitrogen and oxygen atoms in total. The predicted octanol–water partition coefficient (Wildman–Crippen LogP) is 16.3. The second-order valence-corrected chi connectivity index (χ2v) is 18.1. The van der Waals surface area contributed by atoms with Gasteiger partial charge in [0.2, 0.25) is 0 Å². The summed E-state index contributed by atoms with van der Waals surface area (Å²) in [5.41, 5.74) is 18.5. The number of hydrogen-bond donors (Lipinski definition) is 0.